The van der Waals surface area contributed by atoms with Crippen LogP contribution in [0.1, 0.15) is 25.8 Å². The lowest BCUT2D eigenvalue weighted by atomic mass is 10.1. The van der Waals surface area contributed by atoms with E-state index >= 15 is 0 Å². The first-order valence-corrected chi connectivity index (χ1v) is 7.72. The fourth-order valence-electron chi connectivity index (χ4n) is 1.69. The molecule has 106 valence electrons. The predicted octanol–water partition coefficient (Wildman–Crippen LogP) is 3.69. The average molecular weight is 307 g/mol. The summed E-state index contributed by atoms with van der Waals surface area (Å²) in [6.07, 6.45) is 2.93. The van der Waals surface area contributed by atoms with Gasteiger partial charge in [0.2, 0.25) is 0 Å². The van der Waals surface area contributed by atoms with Crippen LogP contribution in [0.15, 0.2) is 29.2 Å². The van der Waals surface area contributed by atoms with Gasteiger partial charge < -0.3 is 4.74 Å². The maximum Gasteiger partial charge on any atom is 0.265 e. The van der Waals surface area contributed by atoms with Crippen LogP contribution in [0.5, 0.6) is 5.75 Å². The number of carbonyl (C=O) groups excluding carboxylic acids is 1. The highest BCUT2D eigenvalue weighted by atomic mass is 32.2. The Bertz CT molecular complexity index is 569. The van der Waals surface area contributed by atoms with Gasteiger partial charge in [-0.05, 0) is 25.5 Å². The van der Waals surface area contributed by atoms with Gasteiger partial charge in [-0.2, -0.15) is 0 Å². The van der Waals surface area contributed by atoms with E-state index in [4.69, 9.17) is 17.0 Å². The van der Waals surface area contributed by atoms with Crippen molar-refractivity contribution in [3.05, 3.63) is 34.7 Å². The average Bonchev–Trinajstić information content (AvgIpc) is 2.68. The molecule has 1 aliphatic rings. The molecule has 5 heteroatoms. The van der Waals surface area contributed by atoms with Gasteiger partial charge in [-0.15, -0.1) is 0 Å². The molecule has 0 aliphatic carbocycles. The Balaban J connectivity index is 2.30. The molecule has 1 aromatic rings. The van der Waals surface area contributed by atoms with Gasteiger partial charge in [-0.25, -0.2) is 0 Å². The molecule has 3 nitrogen and oxygen atoms in total. The number of amides is 1. The molecule has 0 bridgehead atoms. The normalized spacial score (nSPS) is 18.8. The van der Waals surface area contributed by atoms with E-state index in [1.165, 1.54) is 16.7 Å². The van der Waals surface area contributed by atoms with Gasteiger partial charge in [0.05, 0.1) is 11.0 Å². The van der Waals surface area contributed by atoms with Crippen molar-refractivity contribution in [1.29, 1.82) is 0 Å². The fourth-order valence-corrected chi connectivity index (χ4v) is 2.86. The number of thioether (sulfide) groups is 1. The van der Waals surface area contributed by atoms with Gasteiger partial charge in [0, 0.05) is 12.6 Å². The van der Waals surface area contributed by atoms with Crippen LogP contribution < -0.4 is 4.74 Å². The third-order valence-electron chi connectivity index (χ3n) is 3.10. The summed E-state index contributed by atoms with van der Waals surface area (Å²) >= 11 is 6.45. The third-order valence-corrected chi connectivity index (χ3v) is 4.58. The molecule has 0 aromatic heterocycles. The van der Waals surface area contributed by atoms with Gasteiger partial charge >= 0.3 is 0 Å². The molecule has 1 fully saturated rings. The Labute approximate surface area is 129 Å². The van der Waals surface area contributed by atoms with Crippen molar-refractivity contribution < 1.29 is 9.53 Å². The monoisotopic (exact) mass is 307 g/mol. The summed E-state index contributed by atoms with van der Waals surface area (Å²) in [5.74, 6) is 0.738. The summed E-state index contributed by atoms with van der Waals surface area (Å²) < 4.78 is 6.47. The molecule has 2 rings (SSSR count). The van der Waals surface area contributed by atoms with Crippen LogP contribution in [-0.2, 0) is 4.79 Å². The molecule has 1 aromatic carbocycles. The van der Waals surface area contributed by atoms with E-state index in [2.05, 4.69) is 6.92 Å². The summed E-state index contributed by atoms with van der Waals surface area (Å²) in [6.45, 7) is 4.11. The van der Waals surface area contributed by atoms with Crippen molar-refractivity contribution in [2.24, 2.45) is 0 Å². The highest BCUT2D eigenvalue weighted by Gasteiger charge is 2.28. The molecule has 1 heterocycles. The summed E-state index contributed by atoms with van der Waals surface area (Å²) in [7, 11) is 1.69. The van der Waals surface area contributed by atoms with Gasteiger partial charge in [-0.3, -0.25) is 9.69 Å². The molecule has 20 heavy (non-hydrogen) atoms. The molecule has 0 spiro atoms. The second-order valence-corrected chi connectivity index (χ2v) is 6.29. The number of ether oxygens (including phenoxy) is 1. The quantitative estimate of drug-likeness (QED) is 0.627. The van der Waals surface area contributed by atoms with Crippen molar-refractivity contribution in [2.45, 2.75) is 26.4 Å². The van der Waals surface area contributed by atoms with E-state index in [-0.39, 0.29) is 12.0 Å². The maximum atomic E-state index is 12.0. The highest BCUT2D eigenvalue weighted by Crippen LogP contribution is 2.33. The molecule has 1 saturated heterocycles. The number of hydrogen-bond donors (Lipinski definition) is 0. The van der Waals surface area contributed by atoms with Crippen LogP contribution in [0, 0.1) is 0 Å². The Kier molecular flexibility index (Phi) is 4.83. The number of rotatable bonds is 4. The van der Waals surface area contributed by atoms with E-state index in [1.54, 1.807) is 7.05 Å². The molecule has 1 atom stereocenters. The van der Waals surface area contributed by atoms with Crippen LogP contribution in [0.2, 0.25) is 0 Å². The van der Waals surface area contributed by atoms with Crippen molar-refractivity contribution in [2.75, 3.05) is 7.05 Å². The van der Waals surface area contributed by atoms with Gasteiger partial charge in [-0.1, -0.05) is 49.1 Å². The van der Waals surface area contributed by atoms with Gasteiger partial charge in [0.15, 0.2) is 0 Å². The van der Waals surface area contributed by atoms with Crippen LogP contribution in [0.25, 0.3) is 6.08 Å². The van der Waals surface area contributed by atoms with Crippen molar-refractivity contribution in [3.63, 3.8) is 0 Å². The lowest BCUT2D eigenvalue weighted by Gasteiger charge is -2.14. The Morgan fingerprint density at radius 1 is 1.45 bits per heavy atom. The number of nitrogens with zero attached hydrogens (tertiary/aromatic N) is 1. The topological polar surface area (TPSA) is 29.5 Å². The van der Waals surface area contributed by atoms with E-state index in [1.807, 2.05) is 37.3 Å². The van der Waals surface area contributed by atoms with Gasteiger partial charge in [0.25, 0.3) is 5.91 Å². The van der Waals surface area contributed by atoms with Crippen LogP contribution in [-0.4, -0.2) is 28.3 Å². The van der Waals surface area contributed by atoms with Gasteiger partial charge in [0.1, 0.15) is 10.1 Å². The van der Waals surface area contributed by atoms with E-state index < -0.39 is 0 Å². The van der Waals surface area contributed by atoms with Crippen molar-refractivity contribution in [3.8, 4) is 5.75 Å². The zero-order valence-electron chi connectivity index (χ0n) is 11.8. The van der Waals surface area contributed by atoms with E-state index in [0.717, 1.165) is 17.7 Å². The first-order chi connectivity index (χ1) is 9.52. The largest absolute Gasteiger partial charge is 0.490 e. The Hall–Kier alpha value is -1.33. The van der Waals surface area contributed by atoms with Crippen molar-refractivity contribution in [1.82, 2.24) is 4.90 Å². The van der Waals surface area contributed by atoms with E-state index in [0.29, 0.717) is 9.23 Å². The summed E-state index contributed by atoms with van der Waals surface area (Å²) in [5.41, 5.74) is 0.904. The van der Waals surface area contributed by atoms with Crippen LogP contribution in [0.3, 0.4) is 0 Å². The molecule has 1 amide bonds. The molecule has 1 aliphatic heterocycles. The van der Waals surface area contributed by atoms with E-state index in [9.17, 15) is 4.79 Å². The number of benzene rings is 1. The first-order valence-electron chi connectivity index (χ1n) is 6.50. The third kappa shape index (κ3) is 3.22. The zero-order chi connectivity index (χ0) is 14.7. The number of carbonyl (C=O) groups is 1. The standard InChI is InChI=1S/C15H17NO2S2/c1-4-10(2)18-12-8-6-5-7-11(12)9-13-14(17)16(3)15(19)20-13/h5-10H,4H2,1-3H3/b13-9-/t10-/m0/s1. The maximum absolute atomic E-state index is 12.0. The molecule has 0 unspecified atom stereocenters. The Morgan fingerprint density at radius 2 is 2.15 bits per heavy atom. The molecular formula is C15H17NO2S2. The second kappa shape index (κ2) is 6.41. The van der Waals surface area contributed by atoms with Crippen LogP contribution >= 0.6 is 24.0 Å². The first kappa shape index (κ1) is 15.1. The minimum atomic E-state index is -0.0571. The van der Waals surface area contributed by atoms with Crippen LogP contribution in [0.4, 0.5) is 0 Å². The number of hydrogen-bond acceptors (Lipinski definition) is 4. The SMILES string of the molecule is CC[C@H](C)Oc1ccccc1/C=C1\SC(=S)N(C)C1=O. The summed E-state index contributed by atoms with van der Waals surface area (Å²) in [5, 5.41) is 0. The summed E-state index contributed by atoms with van der Waals surface area (Å²) in [4.78, 5) is 14.1. The Morgan fingerprint density at radius 3 is 2.75 bits per heavy atom. The highest BCUT2D eigenvalue weighted by molar-refractivity contribution is 8.26. The predicted molar refractivity (Wildman–Crippen MR) is 87.8 cm³/mol. The number of para-hydroxylation sites is 1. The fraction of sp³-hybridized carbons (Fsp3) is 0.333. The smallest absolute Gasteiger partial charge is 0.265 e. The summed E-state index contributed by atoms with van der Waals surface area (Å²) in [6, 6.07) is 7.73. The zero-order valence-corrected chi connectivity index (χ0v) is 13.4. The van der Waals surface area contributed by atoms with Crippen molar-refractivity contribution >= 4 is 40.3 Å². The molecule has 0 saturated carbocycles. The second-order valence-electron chi connectivity index (χ2n) is 4.62. The minimum absolute atomic E-state index is 0.0571. The molecule has 0 N–H and O–H groups in total. The minimum Gasteiger partial charge on any atom is -0.490 e. The lowest BCUT2D eigenvalue weighted by Crippen LogP contribution is -2.22. The number of thiocarbonyl (C=S) groups is 1. The molecular weight excluding hydrogens is 290 g/mol. The molecule has 0 radical (unpaired) electrons. The lowest BCUT2D eigenvalue weighted by molar-refractivity contribution is -0.121. The number of likely N-dealkylation sites (N-methyl/N-ethyl adjacent to an activating group) is 1.